The molecular weight excluding hydrogens is 397 g/mol. The third-order valence-electron chi connectivity index (χ3n) is 5.82. The molecule has 2 amide bonds. The van der Waals surface area contributed by atoms with Crippen molar-refractivity contribution in [2.75, 3.05) is 33.3 Å². The number of amides is 2. The van der Waals surface area contributed by atoms with Crippen LogP contribution in [0.15, 0.2) is 48.5 Å². The molecule has 0 atom stereocenters. The number of H-pyrrole nitrogens is 1. The molecule has 0 bridgehead atoms. The summed E-state index contributed by atoms with van der Waals surface area (Å²) in [7, 11) is 1.37. The van der Waals surface area contributed by atoms with E-state index >= 15 is 0 Å². The molecule has 0 aliphatic carbocycles. The predicted octanol–water partition coefficient (Wildman–Crippen LogP) is 4.21. The number of nitrogens with one attached hydrogen (secondary N) is 1. The van der Waals surface area contributed by atoms with Crippen LogP contribution in [0, 0.1) is 5.82 Å². The van der Waals surface area contributed by atoms with Crippen LogP contribution in [0.4, 0.5) is 9.18 Å². The van der Waals surface area contributed by atoms with Crippen molar-refractivity contribution in [2.45, 2.75) is 19.3 Å². The number of aryl methyl sites for hydroxylation is 1. The SMILES string of the molecule is COC(=O)N1CCCN(C(=O)CCc2c(-c3ccc(F)cc3)[nH]c3ccccc23)CC1. The van der Waals surface area contributed by atoms with Gasteiger partial charge in [0.05, 0.1) is 7.11 Å². The molecule has 0 radical (unpaired) electrons. The lowest BCUT2D eigenvalue weighted by molar-refractivity contribution is -0.131. The summed E-state index contributed by atoms with van der Waals surface area (Å²) < 4.78 is 18.2. The van der Waals surface area contributed by atoms with Gasteiger partial charge in [-0.2, -0.15) is 0 Å². The molecule has 162 valence electrons. The Morgan fingerprint density at radius 2 is 1.71 bits per heavy atom. The van der Waals surface area contributed by atoms with Crippen LogP contribution in [0.2, 0.25) is 0 Å². The molecule has 1 aliphatic heterocycles. The second-order valence-electron chi connectivity index (χ2n) is 7.72. The van der Waals surface area contributed by atoms with Crippen LogP contribution in [0.3, 0.4) is 0 Å². The van der Waals surface area contributed by atoms with Gasteiger partial charge >= 0.3 is 6.09 Å². The zero-order valence-corrected chi connectivity index (χ0v) is 17.6. The summed E-state index contributed by atoms with van der Waals surface area (Å²) in [5.41, 5.74) is 3.86. The number of aromatic amines is 1. The first-order chi connectivity index (χ1) is 15.1. The van der Waals surface area contributed by atoms with Crippen LogP contribution in [0.1, 0.15) is 18.4 Å². The maximum atomic E-state index is 13.4. The largest absolute Gasteiger partial charge is 0.453 e. The van der Waals surface area contributed by atoms with E-state index in [-0.39, 0.29) is 17.8 Å². The molecule has 2 heterocycles. The molecule has 1 saturated heterocycles. The van der Waals surface area contributed by atoms with Crippen LogP contribution in [0.25, 0.3) is 22.2 Å². The van der Waals surface area contributed by atoms with E-state index in [0.29, 0.717) is 39.0 Å². The average Bonchev–Trinajstić information content (AvgIpc) is 2.98. The minimum absolute atomic E-state index is 0.0713. The lowest BCUT2D eigenvalue weighted by Crippen LogP contribution is -2.37. The summed E-state index contributed by atoms with van der Waals surface area (Å²) in [5.74, 6) is -0.208. The predicted molar refractivity (Wildman–Crippen MR) is 117 cm³/mol. The fourth-order valence-corrected chi connectivity index (χ4v) is 4.19. The number of carbonyl (C=O) groups is 2. The second kappa shape index (κ2) is 9.20. The maximum absolute atomic E-state index is 13.4. The van der Waals surface area contributed by atoms with Gasteiger partial charge in [0.15, 0.2) is 0 Å². The normalized spacial score (nSPS) is 14.5. The van der Waals surface area contributed by atoms with Gasteiger partial charge in [0.1, 0.15) is 5.82 Å². The first-order valence-electron chi connectivity index (χ1n) is 10.5. The van der Waals surface area contributed by atoms with E-state index in [1.54, 1.807) is 17.0 Å². The number of hydrogen-bond donors (Lipinski definition) is 1. The lowest BCUT2D eigenvalue weighted by Gasteiger charge is -2.21. The first-order valence-corrected chi connectivity index (χ1v) is 10.5. The van der Waals surface area contributed by atoms with Gasteiger partial charge in [-0.05, 0) is 54.3 Å². The molecule has 2 aromatic carbocycles. The van der Waals surface area contributed by atoms with Crippen molar-refractivity contribution in [2.24, 2.45) is 0 Å². The van der Waals surface area contributed by atoms with E-state index in [2.05, 4.69) is 4.98 Å². The van der Waals surface area contributed by atoms with Crippen molar-refractivity contribution in [1.29, 1.82) is 0 Å². The third-order valence-corrected chi connectivity index (χ3v) is 5.82. The Kier molecular flexibility index (Phi) is 6.21. The summed E-state index contributed by atoms with van der Waals surface area (Å²) in [6.45, 7) is 2.21. The first kappa shape index (κ1) is 20.9. The summed E-state index contributed by atoms with van der Waals surface area (Å²) >= 11 is 0. The molecule has 6 nitrogen and oxygen atoms in total. The molecule has 3 aromatic rings. The van der Waals surface area contributed by atoms with Gasteiger partial charge in [0.25, 0.3) is 0 Å². The Bertz CT molecular complexity index is 1080. The highest BCUT2D eigenvalue weighted by Crippen LogP contribution is 2.31. The third kappa shape index (κ3) is 4.55. The number of ether oxygens (including phenoxy) is 1. The van der Waals surface area contributed by atoms with E-state index in [4.69, 9.17) is 4.74 Å². The van der Waals surface area contributed by atoms with Gasteiger partial charge in [0, 0.05) is 49.2 Å². The molecule has 1 aromatic heterocycles. The van der Waals surface area contributed by atoms with Gasteiger partial charge in [-0.1, -0.05) is 18.2 Å². The number of para-hydroxylation sites is 1. The molecule has 1 fully saturated rings. The fourth-order valence-electron chi connectivity index (χ4n) is 4.19. The number of hydrogen-bond acceptors (Lipinski definition) is 3. The second-order valence-corrected chi connectivity index (χ2v) is 7.72. The van der Waals surface area contributed by atoms with Crippen LogP contribution >= 0.6 is 0 Å². The van der Waals surface area contributed by atoms with E-state index < -0.39 is 0 Å². The Hall–Kier alpha value is -3.35. The number of aromatic nitrogens is 1. The molecule has 0 spiro atoms. The number of methoxy groups -OCH3 is 1. The summed E-state index contributed by atoms with van der Waals surface area (Å²) in [6, 6.07) is 14.4. The van der Waals surface area contributed by atoms with Crippen LogP contribution in [0.5, 0.6) is 0 Å². The number of fused-ring (bicyclic) bond motifs is 1. The highest BCUT2D eigenvalue weighted by Gasteiger charge is 2.23. The molecule has 0 saturated carbocycles. The van der Waals surface area contributed by atoms with Gasteiger partial charge < -0.3 is 19.5 Å². The summed E-state index contributed by atoms with van der Waals surface area (Å²) in [5, 5.41) is 1.07. The number of rotatable bonds is 4. The minimum atomic E-state index is -0.350. The topological polar surface area (TPSA) is 65.6 Å². The average molecular weight is 423 g/mol. The number of carbonyl (C=O) groups excluding carboxylic acids is 2. The maximum Gasteiger partial charge on any atom is 0.409 e. The van der Waals surface area contributed by atoms with Crippen LogP contribution < -0.4 is 0 Å². The molecule has 31 heavy (non-hydrogen) atoms. The quantitative estimate of drug-likeness (QED) is 0.684. The van der Waals surface area contributed by atoms with Gasteiger partial charge in [-0.15, -0.1) is 0 Å². The highest BCUT2D eigenvalue weighted by atomic mass is 19.1. The van der Waals surface area contributed by atoms with E-state index in [1.807, 2.05) is 29.2 Å². The molecule has 1 N–H and O–H groups in total. The van der Waals surface area contributed by atoms with Crippen molar-refractivity contribution in [3.8, 4) is 11.3 Å². The Balaban J connectivity index is 1.51. The Labute approximate surface area is 180 Å². The summed E-state index contributed by atoms with van der Waals surface area (Å²) in [4.78, 5) is 31.6. The lowest BCUT2D eigenvalue weighted by atomic mass is 10.0. The van der Waals surface area contributed by atoms with Gasteiger partial charge in [-0.25, -0.2) is 9.18 Å². The van der Waals surface area contributed by atoms with Crippen LogP contribution in [-0.4, -0.2) is 60.1 Å². The molecule has 7 heteroatoms. The molecule has 0 unspecified atom stereocenters. The number of halogens is 1. The van der Waals surface area contributed by atoms with Gasteiger partial charge in [-0.3, -0.25) is 4.79 Å². The fraction of sp³-hybridized carbons (Fsp3) is 0.333. The Morgan fingerprint density at radius 1 is 1.00 bits per heavy atom. The number of nitrogens with zero attached hydrogens (tertiary/aromatic N) is 2. The molecular formula is C24H26FN3O3. The van der Waals surface area contributed by atoms with Crippen molar-refractivity contribution >= 4 is 22.9 Å². The molecule has 1 aliphatic rings. The minimum Gasteiger partial charge on any atom is -0.453 e. The monoisotopic (exact) mass is 423 g/mol. The van der Waals surface area contributed by atoms with Crippen LogP contribution in [-0.2, 0) is 16.0 Å². The highest BCUT2D eigenvalue weighted by molar-refractivity contribution is 5.91. The van der Waals surface area contributed by atoms with Crippen molar-refractivity contribution in [3.63, 3.8) is 0 Å². The number of benzene rings is 2. The van der Waals surface area contributed by atoms with E-state index in [1.165, 1.54) is 19.2 Å². The zero-order valence-electron chi connectivity index (χ0n) is 17.6. The van der Waals surface area contributed by atoms with Crippen molar-refractivity contribution < 1.29 is 18.7 Å². The van der Waals surface area contributed by atoms with Gasteiger partial charge in [0.2, 0.25) is 5.91 Å². The Morgan fingerprint density at radius 3 is 2.48 bits per heavy atom. The van der Waals surface area contributed by atoms with E-state index in [0.717, 1.165) is 34.1 Å². The standard InChI is InChI=1S/C24H26FN3O3/c1-31-24(30)28-14-4-13-27(15-16-28)22(29)12-11-20-19-5-2-3-6-21(19)26-23(20)17-7-9-18(25)10-8-17/h2-3,5-10,26H,4,11-16H2,1H3. The van der Waals surface area contributed by atoms with Crippen molar-refractivity contribution in [1.82, 2.24) is 14.8 Å². The smallest absolute Gasteiger partial charge is 0.409 e. The molecule has 4 rings (SSSR count). The van der Waals surface area contributed by atoms with Crippen molar-refractivity contribution in [3.05, 3.63) is 59.9 Å². The summed E-state index contributed by atoms with van der Waals surface area (Å²) in [6.07, 6.45) is 1.33. The van der Waals surface area contributed by atoms with E-state index in [9.17, 15) is 14.0 Å². The zero-order chi connectivity index (χ0) is 21.8.